The zero-order chi connectivity index (χ0) is 30.0. The van der Waals surface area contributed by atoms with Crippen molar-refractivity contribution in [2.24, 2.45) is 7.05 Å². The third kappa shape index (κ3) is 5.93. The Morgan fingerprint density at radius 3 is 2.24 bits per heavy atom. The maximum Gasteiger partial charge on any atom is 0.293 e. The molecular weight excluding hydrogens is 526 g/mol. The van der Waals surface area contributed by atoms with Crippen LogP contribution in [0.2, 0.25) is 0 Å². The van der Waals surface area contributed by atoms with Gasteiger partial charge < -0.3 is 20.2 Å². The third-order valence-electron chi connectivity index (χ3n) is 7.22. The van der Waals surface area contributed by atoms with Gasteiger partial charge in [-0.05, 0) is 71.5 Å². The summed E-state index contributed by atoms with van der Waals surface area (Å²) in [6.45, 7) is 8.32. The minimum absolute atomic E-state index is 0.00256. The van der Waals surface area contributed by atoms with Crippen LogP contribution in [0.3, 0.4) is 0 Å². The van der Waals surface area contributed by atoms with Gasteiger partial charge in [0.1, 0.15) is 0 Å². The number of H-pyrrole nitrogens is 1. The molecule has 0 fully saturated rings. The molecule has 8 nitrogen and oxygen atoms in total. The van der Waals surface area contributed by atoms with E-state index in [2.05, 4.69) is 41.4 Å². The van der Waals surface area contributed by atoms with Gasteiger partial charge in [0.2, 0.25) is 0 Å². The zero-order valence-electron chi connectivity index (χ0n) is 24.3. The number of carbonyl (C=O) groups is 1. The van der Waals surface area contributed by atoms with E-state index in [1.54, 1.807) is 43.7 Å². The van der Waals surface area contributed by atoms with E-state index in [0.717, 1.165) is 22.3 Å². The highest BCUT2D eigenvalue weighted by molar-refractivity contribution is 6.05. The molecule has 1 amide bonds. The van der Waals surface area contributed by atoms with Crippen molar-refractivity contribution in [3.63, 3.8) is 0 Å². The largest absolute Gasteiger partial charge is 0.336 e. The van der Waals surface area contributed by atoms with Crippen LogP contribution in [0.1, 0.15) is 42.3 Å². The number of carbonyl (C=O) groups excluding carboxylic acids is 1. The lowest BCUT2D eigenvalue weighted by molar-refractivity contribution is 0.102. The summed E-state index contributed by atoms with van der Waals surface area (Å²) < 4.78 is 1.48. The summed E-state index contributed by atoms with van der Waals surface area (Å²) in [6.07, 6.45) is 3.27. The van der Waals surface area contributed by atoms with Crippen LogP contribution in [0, 0.1) is 6.92 Å². The van der Waals surface area contributed by atoms with Gasteiger partial charge in [-0.1, -0.05) is 57.2 Å². The van der Waals surface area contributed by atoms with Crippen molar-refractivity contribution >= 4 is 23.1 Å². The van der Waals surface area contributed by atoms with Gasteiger partial charge >= 0.3 is 0 Å². The Labute approximate surface area is 244 Å². The minimum atomic E-state index is -0.289. The van der Waals surface area contributed by atoms with Crippen molar-refractivity contribution in [2.75, 3.05) is 10.6 Å². The van der Waals surface area contributed by atoms with Gasteiger partial charge in [-0.2, -0.15) is 0 Å². The number of nitrogens with one attached hydrogen (secondary N) is 3. The standard InChI is InChI=1S/C34H33N5O3/c1-21-26(8-6-10-28(21)38-31(40)23-11-15-24(16-12-23)34(2,3)4)29-20-39(5)33(42)30(37-29)36-25-17-13-22(14-18-25)27-9-7-19-35-32(27)41/h6-20H,1-5H3,(H,35,41)(H,36,37)(H,38,40). The van der Waals surface area contributed by atoms with Crippen LogP contribution in [0.5, 0.6) is 0 Å². The summed E-state index contributed by atoms with van der Waals surface area (Å²) >= 11 is 0. The topological polar surface area (TPSA) is 109 Å². The van der Waals surface area contributed by atoms with Crippen LogP contribution in [0.15, 0.2) is 101 Å². The molecule has 5 rings (SSSR count). The fraction of sp³-hybridized carbons (Fsp3) is 0.176. The van der Waals surface area contributed by atoms with Crippen LogP contribution in [-0.4, -0.2) is 20.4 Å². The van der Waals surface area contributed by atoms with Crippen molar-refractivity contribution in [3.05, 3.63) is 129 Å². The van der Waals surface area contributed by atoms with E-state index in [9.17, 15) is 14.4 Å². The Morgan fingerprint density at radius 1 is 0.881 bits per heavy atom. The zero-order valence-corrected chi connectivity index (χ0v) is 24.3. The lowest BCUT2D eigenvalue weighted by Gasteiger charge is -2.19. The number of pyridine rings is 1. The highest BCUT2D eigenvalue weighted by Gasteiger charge is 2.17. The van der Waals surface area contributed by atoms with Gasteiger partial charge in [-0.15, -0.1) is 0 Å². The monoisotopic (exact) mass is 559 g/mol. The van der Waals surface area contributed by atoms with Crippen molar-refractivity contribution < 1.29 is 4.79 Å². The molecule has 2 aromatic heterocycles. The summed E-state index contributed by atoms with van der Waals surface area (Å²) in [6, 6.07) is 24.0. The van der Waals surface area contributed by atoms with E-state index in [-0.39, 0.29) is 28.3 Å². The van der Waals surface area contributed by atoms with Gasteiger partial charge in [-0.25, -0.2) is 4.98 Å². The number of anilines is 3. The lowest BCUT2D eigenvalue weighted by atomic mass is 9.86. The highest BCUT2D eigenvalue weighted by Crippen LogP contribution is 2.29. The maximum absolute atomic E-state index is 13.1. The first kappa shape index (κ1) is 28.3. The predicted molar refractivity (Wildman–Crippen MR) is 169 cm³/mol. The van der Waals surface area contributed by atoms with Crippen molar-refractivity contribution in [1.82, 2.24) is 14.5 Å². The fourth-order valence-electron chi connectivity index (χ4n) is 4.70. The van der Waals surface area contributed by atoms with Gasteiger partial charge in [-0.3, -0.25) is 14.4 Å². The third-order valence-corrected chi connectivity index (χ3v) is 7.22. The molecule has 0 atom stereocenters. The first-order chi connectivity index (χ1) is 20.0. The molecule has 0 unspecified atom stereocenters. The molecule has 2 heterocycles. The second-order valence-electron chi connectivity index (χ2n) is 11.3. The van der Waals surface area contributed by atoms with Crippen LogP contribution in [-0.2, 0) is 12.5 Å². The molecular formula is C34H33N5O3. The van der Waals surface area contributed by atoms with Crippen LogP contribution in [0.4, 0.5) is 17.2 Å². The summed E-state index contributed by atoms with van der Waals surface area (Å²) in [5.41, 5.74) is 6.10. The molecule has 8 heteroatoms. The Morgan fingerprint density at radius 2 is 1.57 bits per heavy atom. The van der Waals surface area contributed by atoms with Gasteiger partial charge in [0.25, 0.3) is 17.0 Å². The summed E-state index contributed by atoms with van der Waals surface area (Å²) in [5, 5.41) is 6.14. The Hall–Kier alpha value is -5.24. The molecule has 0 aliphatic heterocycles. The van der Waals surface area contributed by atoms with E-state index in [1.807, 2.05) is 61.5 Å². The van der Waals surface area contributed by atoms with Gasteiger partial charge in [0.05, 0.1) is 5.69 Å². The van der Waals surface area contributed by atoms with Crippen LogP contribution in [0.25, 0.3) is 22.4 Å². The average Bonchev–Trinajstić information content (AvgIpc) is 2.97. The Balaban J connectivity index is 1.40. The van der Waals surface area contributed by atoms with Crippen molar-refractivity contribution in [2.45, 2.75) is 33.1 Å². The molecule has 5 aromatic rings. The number of nitrogens with zero attached hydrogens (tertiary/aromatic N) is 2. The first-order valence-corrected chi connectivity index (χ1v) is 13.7. The molecule has 212 valence electrons. The molecule has 0 saturated heterocycles. The SMILES string of the molecule is Cc1c(NC(=O)c2ccc(C(C)(C)C)cc2)cccc1-c1cn(C)c(=O)c(Nc2ccc(-c3ccc[nH]c3=O)cc2)n1. The minimum Gasteiger partial charge on any atom is -0.336 e. The second-order valence-corrected chi connectivity index (χ2v) is 11.3. The molecule has 0 aliphatic rings. The van der Waals surface area contributed by atoms with Crippen molar-refractivity contribution in [1.29, 1.82) is 0 Å². The summed E-state index contributed by atoms with van der Waals surface area (Å²) in [4.78, 5) is 45.5. The van der Waals surface area contributed by atoms with E-state index in [1.165, 1.54) is 4.57 Å². The van der Waals surface area contributed by atoms with Gasteiger partial charge in [0, 0.05) is 47.5 Å². The summed E-state index contributed by atoms with van der Waals surface area (Å²) in [5.74, 6) is -0.0412. The molecule has 0 radical (unpaired) electrons. The number of hydrogen-bond donors (Lipinski definition) is 3. The summed E-state index contributed by atoms with van der Waals surface area (Å²) in [7, 11) is 1.67. The molecule has 0 saturated carbocycles. The Bertz CT molecular complexity index is 1880. The lowest BCUT2D eigenvalue weighted by Crippen LogP contribution is -2.21. The molecule has 0 aliphatic carbocycles. The maximum atomic E-state index is 13.1. The smallest absolute Gasteiger partial charge is 0.293 e. The number of benzene rings is 3. The number of aromatic nitrogens is 3. The van der Waals surface area contributed by atoms with Gasteiger partial charge in [0.15, 0.2) is 5.82 Å². The van der Waals surface area contributed by atoms with Crippen molar-refractivity contribution in [3.8, 4) is 22.4 Å². The number of hydrogen-bond acceptors (Lipinski definition) is 5. The predicted octanol–water partition coefficient (Wildman–Crippen LogP) is 6.40. The fourth-order valence-corrected chi connectivity index (χ4v) is 4.70. The molecule has 3 N–H and O–H groups in total. The highest BCUT2D eigenvalue weighted by atomic mass is 16.2. The molecule has 42 heavy (non-hydrogen) atoms. The van der Waals surface area contributed by atoms with Crippen LogP contribution >= 0.6 is 0 Å². The van der Waals surface area contributed by atoms with Crippen LogP contribution < -0.4 is 21.8 Å². The molecule has 3 aromatic carbocycles. The van der Waals surface area contributed by atoms with E-state index in [4.69, 9.17) is 0 Å². The van der Waals surface area contributed by atoms with E-state index in [0.29, 0.717) is 28.2 Å². The van der Waals surface area contributed by atoms with E-state index < -0.39 is 0 Å². The second kappa shape index (κ2) is 11.3. The Kier molecular flexibility index (Phi) is 7.63. The number of aryl methyl sites for hydroxylation is 1. The average molecular weight is 560 g/mol. The quantitative estimate of drug-likeness (QED) is 0.223. The number of amides is 1. The normalized spacial score (nSPS) is 11.3. The molecule has 0 bridgehead atoms. The first-order valence-electron chi connectivity index (χ1n) is 13.7. The van der Waals surface area contributed by atoms with E-state index >= 15 is 0 Å². The molecule has 0 spiro atoms. The number of aromatic amines is 1. The number of rotatable bonds is 6.